The highest BCUT2D eigenvalue weighted by Crippen LogP contribution is 2.13. The molecular weight excluding hydrogens is 168 g/mol. The van der Waals surface area contributed by atoms with Crippen LogP contribution in [0, 0.1) is 5.41 Å². The minimum atomic E-state index is -0.382. The molecule has 0 radical (unpaired) electrons. The molecule has 4 nitrogen and oxygen atoms in total. The van der Waals surface area contributed by atoms with E-state index >= 15 is 0 Å². The van der Waals surface area contributed by atoms with E-state index in [1.54, 1.807) is 12.4 Å². The van der Waals surface area contributed by atoms with Crippen molar-refractivity contribution in [3.05, 3.63) is 18.7 Å². The van der Waals surface area contributed by atoms with E-state index in [1.807, 2.05) is 20.8 Å². The van der Waals surface area contributed by atoms with Crippen molar-refractivity contribution in [2.75, 3.05) is 6.61 Å². The molecule has 1 aromatic heterocycles. The molecule has 0 atom stereocenters. The summed E-state index contributed by atoms with van der Waals surface area (Å²) in [7, 11) is 0. The summed E-state index contributed by atoms with van der Waals surface area (Å²) in [6, 6.07) is 0. The van der Waals surface area contributed by atoms with Gasteiger partial charge in [0.25, 0.3) is 0 Å². The van der Waals surface area contributed by atoms with E-state index in [1.165, 1.54) is 10.9 Å². The van der Waals surface area contributed by atoms with Crippen molar-refractivity contribution in [1.29, 1.82) is 0 Å². The maximum Gasteiger partial charge on any atom is 0.419 e. The Morgan fingerprint density at radius 2 is 2.23 bits per heavy atom. The quantitative estimate of drug-likeness (QED) is 0.666. The molecule has 0 aromatic carbocycles. The topological polar surface area (TPSA) is 44.1 Å². The summed E-state index contributed by atoms with van der Waals surface area (Å²) < 4.78 is 6.35. The van der Waals surface area contributed by atoms with Crippen molar-refractivity contribution in [3.63, 3.8) is 0 Å². The molecule has 0 N–H and O–H groups in total. The van der Waals surface area contributed by atoms with Gasteiger partial charge in [0.2, 0.25) is 0 Å². The van der Waals surface area contributed by atoms with Gasteiger partial charge in [-0.15, -0.1) is 0 Å². The molecule has 0 aliphatic carbocycles. The van der Waals surface area contributed by atoms with E-state index in [0.29, 0.717) is 6.61 Å². The maximum atomic E-state index is 11.3. The van der Waals surface area contributed by atoms with Crippen LogP contribution >= 0.6 is 0 Å². The lowest BCUT2D eigenvalue weighted by Gasteiger charge is -2.17. The van der Waals surface area contributed by atoms with Crippen LogP contribution in [0.2, 0.25) is 0 Å². The van der Waals surface area contributed by atoms with Crippen LogP contribution in [-0.2, 0) is 4.74 Å². The smallest absolute Gasteiger partial charge is 0.419 e. The summed E-state index contributed by atoms with van der Waals surface area (Å²) >= 11 is 0. The van der Waals surface area contributed by atoms with Gasteiger partial charge in [0.1, 0.15) is 6.33 Å². The monoisotopic (exact) mass is 182 g/mol. The van der Waals surface area contributed by atoms with E-state index < -0.39 is 0 Å². The van der Waals surface area contributed by atoms with Gasteiger partial charge in [-0.05, 0) is 5.41 Å². The van der Waals surface area contributed by atoms with E-state index in [-0.39, 0.29) is 11.5 Å². The van der Waals surface area contributed by atoms with Gasteiger partial charge in [-0.25, -0.2) is 14.3 Å². The Labute approximate surface area is 77.5 Å². The van der Waals surface area contributed by atoms with E-state index in [2.05, 4.69) is 4.98 Å². The fourth-order valence-electron chi connectivity index (χ4n) is 0.720. The minimum Gasteiger partial charge on any atom is -0.448 e. The lowest BCUT2D eigenvalue weighted by atomic mass is 9.99. The van der Waals surface area contributed by atoms with Crippen molar-refractivity contribution >= 4 is 6.09 Å². The molecule has 13 heavy (non-hydrogen) atoms. The van der Waals surface area contributed by atoms with Crippen molar-refractivity contribution in [2.45, 2.75) is 20.8 Å². The van der Waals surface area contributed by atoms with Crippen molar-refractivity contribution in [2.24, 2.45) is 5.41 Å². The number of nitrogens with zero attached hydrogens (tertiary/aromatic N) is 2. The van der Waals surface area contributed by atoms with Crippen LogP contribution in [0.15, 0.2) is 18.7 Å². The van der Waals surface area contributed by atoms with Gasteiger partial charge in [-0.3, -0.25) is 0 Å². The fraction of sp³-hybridized carbons (Fsp3) is 0.556. The summed E-state index contributed by atoms with van der Waals surface area (Å²) in [4.78, 5) is 15.0. The van der Waals surface area contributed by atoms with Crippen molar-refractivity contribution in [1.82, 2.24) is 9.55 Å². The number of aromatic nitrogens is 2. The van der Waals surface area contributed by atoms with Gasteiger partial charge in [0, 0.05) is 12.4 Å². The molecule has 0 unspecified atom stereocenters. The summed E-state index contributed by atoms with van der Waals surface area (Å²) in [5, 5.41) is 0. The molecule has 0 amide bonds. The Kier molecular flexibility index (Phi) is 2.70. The third kappa shape index (κ3) is 3.27. The lowest BCUT2D eigenvalue weighted by Crippen LogP contribution is -2.20. The first-order chi connectivity index (χ1) is 5.99. The molecule has 72 valence electrons. The summed E-state index contributed by atoms with van der Waals surface area (Å²) in [6.45, 7) is 6.43. The first kappa shape index (κ1) is 9.77. The van der Waals surface area contributed by atoms with Gasteiger partial charge in [-0.2, -0.15) is 0 Å². The van der Waals surface area contributed by atoms with Gasteiger partial charge >= 0.3 is 6.09 Å². The molecule has 0 saturated carbocycles. The van der Waals surface area contributed by atoms with Gasteiger partial charge in [-0.1, -0.05) is 20.8 Å². The normalized spacial score (nSPS) is 11.3. The van der Waals surface area contributed by atoms with Crippen molar-refractivity contribution in [3.8, 4) is 0 Å². The average Bonchev–Trinajstić information content (AvgIpc) is 2.50. The highest BCUT2D eigenvalue weighted by Gasteiger charge is 2.14. The Balaban J connectivity index is 2.44. The van der Waals surface area contributed by atoms with Crippen LogP contribution in [0.1, 0.15) is 20.8 Å². The Hall–Kier alpha value is -1.32. The Bertz CT molecular complexity index is 272. The third-order valence-corrected chi connectivity index (χ3v) is 1.34. The first-order valence-electron chi connectivity index (χ1n) is 4.14. The second-order valence-electron chi connectivity index (χ2n) is 4.09. The lowest BCUT2D eigenvalue weighted by molar-refractivity contribution is 0.107. The molecule has 0 saturated heterocycles. The third-order valence-electron chi connectivity index (χ3n) is 1.34. The van der Waals surface area contributed by atoms with Crippen LogP contribution in [0.3, 0.4) is 0 Å². The molecule has 0 bridgehead atoms. The number of imidazole rings is 1. The molecule has 0 aliphatic rings. The molecule has 1 rings (SSSR count). The SMILES string of the molecule is CC(C)(C)COC(=O)n1ccnc1. The van der Waals surface area contributed by atoms with Gasteiger partial charge < -0.3 is 4.74 Å². The zero-order chi connectivity index (χ0) is 9.90. The number of carbonyl (C=O) groups is 1. The van der Waals surface area contributed by atoms with E-state index in [4.69, 9.17) is 4.74 Å². The first-order valence-corrected chi connectivity index (χ1v) is 4.14. The number of ether oxygens (including phenoxy) is 1. The molecular formula is C9H14N2O2. The summed E-state index contributed by atoms with van der Waals surface area (Å²) in [5.74, 6) is 0. The van der Waals surface area contributed by atoms with Crippen LogP contribution in [0.4, 0.5) is 4.79 Å². The van der Waals surface area contributed by atoms with Gasteiger partial charge in [0.15, 0.2) is 0 Å². The largest absolute Gasteiger partial charge is 0.448 e. The molecule has 0 spiro atoms. The number of rotatable bonds is 1. The average molecular weight is 182 g/mol. The number of carbonyl (C=O) groups excluding carboxylic acids is 1. The minimum absolute atomic E-state index is 0.00373. The highest BCUT2D eigenvalue weighted by molar-refractivity contribution is 5.69. The Morgan fingerprint density at radius 3 is 2.69 bits per heavy atom. The van der Waals surface area contributed by atoms with Crippen molar-refractivity contribution < 1.29 is 9.53 Å². The predicted octanol–water partition coefficient (Wildman–Crippen LogP) is 1.91. The molecule has 0 fully saturated rings. The standard InChI is InChI=1S/C9H14N2O2/c1-9(2,3)6-13-8(12)11-5-4-10-7-11/h4-5,7H,6H2,1-3H3. The molecule has 1 aromatic rings. The molecule has 4 heteroatoms. The second kappa shape index (κ2) is 3.60. The Morgan fingerprint density at radius 1 is 1.54 bits per heavy atom. The second-order valence-corrected chi connectivity index (χ2v) is 4.09. The van der Waals surface area contributed by atoms with Crippen LogP contribution in [0.25, 0.3) is 0 Å². The predicted molar refractivity (Wildman–Crippen MR) is 48.4 cm³/mol. The fourth-order valence-corrected chi connectivity index (χ4v) is 0.720. The molecule has 1 heterocycles. The van der Waals surface area contributed by atoms with Crippen LogP contribution in [0.5, 0.6) is 0 Å². The van der Waals surface area contributed by atoms with Gasteiger partial charge in [0.05, 0.1) is 6.61 Å². The summed E-state index contributed by atoms with van der Waals surface area (Å²) in [5.41, 5.74) is -0.00373. The number of hydrogen-bond acceptors (Lipinski definition) is 3. The van der Waals surface area contributed by atoms with Crippen LogP contribution < -0.4 is 0 Å². The van der Waals surface area contributed by atoms with Crippen LogP contribution in [-0.4, -0.2) is 22.3 Å². The zero-order valence-electron chi connectivity index (χ0n) is 8.15. The van der Waals surface area contributed by atoms with E-state index in [0.717, 1.165) is 0 Å². The maximum absolute atomic E-state index is 11.3. The zero-order valence-corrected chi connectivity index (χ0v) is 8.15. The summed E-state index contributed by atoms with van der Waals surface area (Å²) in [6.07, 6.45) is 4.14. The van der Waals surface area contributed by atoms with E-state index in [9.17, 15) is 4.79 Å². The highest BCUT2D eigenvalue weighted by atomic mass is 16.5. The number of hydrogen-bond donors (Lipinski definition) is 0. The molecule has 0 aliphatic heterocycles.